The molecule has 0 aliphatic carbocycles. The van der Waals surface area contributed by atoms with E-state index in [9.17, 15) is 4.79 Å². The Labute approximate surface area is 174 Å². The van der Waals surface area contributed by atoms with E-state index in [2.05, 4.69) is 40.5 Å². The van der Waals surface area contributed by atoms with Crippen molar-refractivity contribution in [2.45, 2.75) is 44.7 Å². The Morgan fingerprint density at radius 2 is 1.83 bits per heavy atom. The molecule has 1 heterocycles. The maximum absolute atomic E-state index is 12.4. The van der Waals surface area contributed by atoms with Crippen LogP contribution in [-0.2, 0) is 17.8 Å². The summed E-state index contributed by atoms with van der Waals surface area (Å²) in [4.78, 5) is 14.9. The average molecular weight is 397 g/mol. The highest BCUT2D eigenvalue weighted by molar-refractivity contribution is 5.76. The van der Waals surface area contributed by atoms with Crippen LogP contribution >= 0.6 is 0 Å². The Bertz CT molecular complexity index is 779. The van der Waals surface area contributed by atoms with E-state index in [4.69, 9.17) is 9.47 Å². The fraction of sp³-hybridized carbons (Fsp3) is 0.458. The average Bonchev–Trinajstić information content (AvgIpc) is 2.77. The van der Waals surface area contributed by atoms with Crippen LogP contribution < -0.4 is 14.8 Å². The Morgan fingerprint density at radius 3 is 2.59 bits per heavy atom. The molecule has 156 valence electrons. The summed E-state index contributed by atoms with van der Waals surface area (Å²) in [5, 5.41) is 3.15. The van der Waals surface area contributed by atoms with Gasteiger partial charge in [-0.05, 0) is 49.1 Å². The molecule has 1 amide bonds. The summed E-state index contributed by atoms with van der Waals surface area (Å²) in [6.07, 6.45) is 4.77. The Kier molecular flexibility index (Phi) is 7.94. The van der Waals surface area contributed by atoms with Gasteiger partial charge in [0, 0.05) is 25.6 Å². The number of carbonyl (C=O) groups excluding carboxylic acids is 1. The lowest BCUT2D eigenvalue weighted by molar-refractivity contribution is -0.121. The van der Waals surface area contributed by atoms with Crippen molar-refractivity contribution in [2.24, 2.45) is 0 Å². The third-order valence-corrected chi connectivity index (χ3v) is 5.60. The van der Waals surface area contributed by atoms with Crippen LogP contribution in [0, 0.1) is 0 Å². The minimum absolute atomic E-state index is 0.102. The van der Waals surface area contributed by atoms with Gasteiger partial charge in [0.15, 0.2) is 11.5 Å². The zero-order chi connectivity index (χ0) is 20.5. The molecular weight excluding hydrogens is 364 g/mol. The van der Waals surface area contributed by atoms with Crippen LogP contribution in [0.1, 0.15) is 36.8 Å². The van der Waals surface area contributed by atoms with Crippen LogP contribution in [0.5, 0.6) is 11.5 Å². The summed E-state index contributed by atoms with van der Waals surface area (Å²) in [6, 6.07) is 16.8. The Hall–Kier alpha value is -2.53. The van der Waals surface area contributed by atoms with Gasteiger partial charge in [-0.3, -0.25) is 9.69 Å². The molecule has 1 aliphatic rings. The molecule has 0 spiro atoms. The van der Waals surface area contributed by atoms with Crippen LogP contribution in [0.4, 0.5) is 0 Å². The number of hydrogen-bond acceptors (Lipinski definition) is 4. The van der Waals surface area contributed by atoms with Crippen LogP contribution in [0.25, 0.3) is 0 Å². The lowest BCUT2D eigenvalue weighted by Crippen LogP contribution is -2.46. The van der Waals surface area contributed by atoms with E-state index in [0.29, 0.717) is 30.4 Å². The second-order valence-electron chi connectivity index (χ2n) is 7.60. The summed E-state index contributed by atoms with van der Waals surface area (Å²) < 4.78 is 10.6. The highest BCUT2D eigenvalue weighted by Crippen LogP contribution is 2.28. The van der Waals surface area contributed by atoms with E-state index in [-0.39, 0.29) is 5.91 Å². The number of methoxy groups -OCH3 is 2. The third kappa shape index (κ3) is 6.23. The number of amides is 1. The first-order valence-corrected chi connectivity index (χ1v) is 10.4. The molecule has 1 aliphatic heterocycles. The predicted molar refractivity (Wildman–Crippen MR) is 115 cm³/mol. The van der Waals surface area contributed by atoms with Gasteiger partial charge in [0.25, 0.3) is 0 Å². The largest absolute Gasteiger partial charge is 0.493 e. The molecule has 2 aromatic rings. The van der Waals surface area contributed by atoms with Crippen LogP contribution in [0.2, 0.25) is 0 Å². The Balaban J connectivity index is 1.47. The quantitative estimate of drug-likeness (QED) is 0.700. The maximum Gasteiger partial charge on any atom is 0.220 e. The molecule has 2 aromatic carbocycles. The van der Waals surface area contributed by atoms with E-state index >= 15 is 0 Å². The van der Waals surface area contributed by atoms with Crippen LogP contribution in [-0.4, -0.2) is 44.2 Å². The lowest BCUT2D eigenvalue weighted by atomic mass is 10.0. The van der Waals surface area contributed by atoms with Crippen molar-refractivity contribution in [1.82, 2.24) is 10.2 Å². The summed E-state index contributed by atoms with van der Waals surface area (Å²) in [7, 11) is 3.25. The van der Waals surface area contributed by atoms with Gasteiger partial charge in [-0.15, -0.1) is 0 Å². The first-order chi connectivity index (χ1) is 14.2. The summed E-state index contributed by atoms with van der Waals surface area (Å²) in [5.41, 5.74) is 2.40. The Morgan fingerprint density at radius 1 is 1.03 bits per heavy atom. The van der Waals surface area contributed by atoms with Gasteiger partial charge in [-0.25, -0.2) is 0 Å². The van der Waals surface area contributed by atoms with E-state index in [1.165, 1.54) is 18.4 Å². The van der Waals surface area contributed by atoms with Crippen molar-refractivity contribution in [1.29, 1.82) is 0 Å². The minimum atomic E-state index is 0.102. The smallest absolute Gasteiger partial charge is 0.220 e. The number of benzene rings is 2. The minimum Gasteiger partial charge on any atom is -0.493 e. The summed E-state index contributed by atoms with van der Waals surface area (Å²) in [5.74, 6) is 1.51. The van der Waals surface area contributed by atoms with Gasteiger partial charge in [0.05, 0.1) is 14.2 Å². The molecule has 29 heavy (non-hydrogen) atoms. The van der Waals surface area contributed by atoms with Crippen molar-refractivity contribution < 1.29 is 14.3 Å². The molecule has 1 atom stereocenters. The number of ether oxygens (including phenoxy) is 2. The zero-order valence-electron chi connectivity index (χ0n) is 17.5. The second kappa shape index (κ2) is 10.9. The van der Waals surface area contributed by atoms with Crippen molar-refractivity contribution >= 4 is 5.91 Å². The summed E-state index contributed by atoms with van der Waals surface area (Å²) >= 11 is 0. The first kappa shape index (κ1) is 21.2. The predicted octanol–water partition coefficient (Wildman–Crippen LogP) is 3.81. The lowest BCUT2D eigenvalue weighted by Gasteiger charge is -2.36. The summed E-state index contributed by atoms with van der Waals surface area (Å²) in [6.45, 7) is 2.77. The van der Waals surface area contributed by atoms with Crippen molar-refractivity contribution in [2.75, 3.05) is 27.3 Å². The van der Waals surface area contributed by atoms with Crippen LogP contribution in [0.3, 0.4) is 0 Å². The number of nitrogens with zero attached hydrogens (tertiary/aromatic N) is 1. The van der Waals surface area contributed by atoms with Crippen molar-refractivity contribution in [3.05, 3.63) is 59.7 Å². The molecule has 0 saturated carbocycles. The number of likely N-dealkylation sites (tertiary alicyclic amines) is 1. The van der Waals surface area contributed by atoms with Gasteiger partial charge in [0.1, 0.15) is 0 Å². The maximum atomic E-state index is 12.4. The van der Waals surface area contributed by atoms with Gasteiger partial charge in [0.2, 0.25) is 5.91 Å². The molecule has 1 saturated heterocycles. The van der Waals surface area contributed by atoms with Gasteiger partial charge < -0.3 is 14.8 Å². The first-order valence-electron chi connectivity index (χ1n) is 10.4. The normalized spacial score (nSPS) is 17.0. The molecule has 0 radical (unpaired) electrons. The van der Waals surface area contributed by atoms with E-state index in [1.54, 1.807) is 14.2 Å². The van der Waals surface area contributed by atoms with Gasteiger partial charge in [-0.2, -0.15) is 0 Å². The number of aryl methyl sites for hydroxylation is 1. The molecule has 3 rings (SSSR count). The second-order valence-corrected chi connectivity index (χ2v) is 7.60. The third-order valence-electron chi connectivity index (χ3n) is 5.60. The van der Waals surface area contributed by atoms with Crippen molar-refractivity contribution in [3.8, 4) is 11.5 Å². The van der Waals surface area contributed by atoms with E-state index in [0.717, 1.165) is 31.6 Å². The topological polar surface area (TPSA) is 50.8 Å². The highest BCUT2D eigenvalue weighted by Gasteiger charge is 2.22. The molecule has 5 nitrogen and oxygen atoms in total. The standard InChI is InChI=1S/C24H32N2O3/c1-28-22-13-11-19(16-23(22)29-2)12-14-24(27)25-17-21-10-6-7-15-26(21)18-20-8-4-3-5-9-20/h3-5,8-9,11,13,16,21H,6-7,10,12,14-15,17-18H2,1-2H3,(H,25,27). The molecular formula is C24H32N2O3. The molecule has 1 N–H and O–H groups in total. The van der Waals surface area contributed by atoms with Gasteiger partial charge >= 0.3 is 0 Å². The molecule has 1 fully saturated rings. The molecule has 5 heteroatoms. The zero-order valence-corrected chi connectivity index (χ0v) is 17.5. The SMILES string of the molecule is COc1ccc(CCC(=O)NCC2CCCCN2Cc2ccccc2)cc1OC. The highest BCUT2D eigenvalue weighted by atomic mass is 16.5. The number of rotatable bonds is 9. The van der Waals surface area contributed by atoms with Crippen LogP contribution in [0.15, 0.2) is 48.5 Å². The molecule has 1 unspecified atom stereocenters. The fourth-order valence-corrected chi connectivity index (χ4v) is 3.93. The fourth-order valence-electron chi connectivity index (χ4n) is 3.93. The number of carbonyl (C=O) groups is 1. The monoisotopic (exact) mass is 396 g/mol. The number of nitrogens with one attached hydrogen (secondary N) is 1. The van der Waals surface area contributed by atoms with Gasteiger partial charge in [-0.1, -0.05) is 42.8 Å². The molecule has 0 aromatic heterocycles. The van der Waals surface area contributed by atoms with E-state index < -0.39 is 0 Å². The molecule has 0 bridgehead atoms. The van der Waals surface area contributed by atoms with E-state index in [1.807, 2.05) is 18.2 Å². The number of piperidine rings is 1. The number of hydrogen-bond donors (Lipinski definition) is 1. The van der Waals surface area contributed by atoms with Crippen molar-refractivity contribution in [3.63, 3.8) is 0 Å².